The lowest BCUT2D eigenvalue weighted by molar-refractivity contribution is 0.0935. The van der Waals surface area contributed by atoms with Gasteiger partial charge in [0, 0.05) is 18.0 Å². The fraction of sp³-hybridized carbons (Fsp3) is 0.500. The first-order valence-electron chi connectivity index (χ1n) is 5.96. The third-order valence-corrected chi connectivity index (χ3v) is 3.11. The number of benzene rings is 1. The van der Waals surface area contributed by atoms with E-state index in [-0.39, 0.29) is 17.1 Å². The van der Waals surface area contributed by atoms with Crippen molar-refractivity contribution >= 4 is 17.5 Å². The van der Waals surface area contributed by atoms with Gasteiger partial charge in [0.2, 0.25) is 0 Å². The quantitative estimate of drug-likeness (QED) is 0.816. The maximum atomic E-state index is 13.1. The molecule has 0 unspecified atom stereocenters. The van der Waals surface area contributed by atoms with Crippen LogP contribution >= 0.6 is 11.6 Å². The van der Waals surface area contributed by atoms with Gasteiger partial charge in [0.05, 0.1) is 0 Å². The van der Waals surface area contributed by atoms with Gasteiger partial charge in [-0.15, -0.1) is 11.6 Å². The molecule has 0 saturated carbocycles. The highest BCUT2D eigenvalue weighted by atomic mass is 35.5. The van der Waals surface area contributed by atoms with Crippen molar-refractivity contribution in [2.75, 3.05) is 12.4 Å². The summed E-state index contributed by atoms with van der Waals surface area (Å²) < 4.78 is 13.1. The molecule has 2 nitrogen and oxygen atoms in total. The summed E-state index contributed by atoms with van der Waals surface area (Å²) in [6.07, 6.45) is 0.831. The largest absolute Gasteiger partial charge is 0.352 e. The minimum atomic E-state index is -0.297. The van der Waals surface area contributed by atoms with Gasteiger partial charge in [-0.05, 0) is 42.5 Å². The SMILES string of the molecule is Cc1cc(C(=O)NCC(C)(C)CCCl)ccc1F. The Labute approximate surface area is 113 Å². The summed E-state index contributed by atoms with van der Waals surface area (Å²) in [5.74, 6) is 0.0909. The van der Waals surface area contributed by atoms with Crippen LogP contribution in [0.1, 0.15) is 36.2 Å². The lowest BCUT2D eigenvalue weighted by atomic mass is 9.90. The zero-order valence-corrected chi connectivity index (χ0v) is 11.8. The van der Waals surface area contributed by atoms with Crippen molar-refractivity contribution in [1.82, 2.24) is 5.32 Å². The van der Waals surface area contributed by atoms with Crippen molar-refractivity contribution in [1.29, 1.82) is 0 Å². The Balaban J connectivity index is 2.63. The van der Waals surface area contributed by atoms with Crippen molar-refractivity contribution in [2.24, 2.45) is 5.41 Å². The van der Waals surface area contributed by atoms with E-state index in [1.54, 1.807) is 13.0 Å². The molecule has 0 radical (unpaired) electrons. The fourth-order valence-corrected chi connectivity index (χ4v) is 2.06. The molecule has 0 saturated heterocycles. The topological polar surface area (TPSA) is 29.1 Å². The number of hydrogen-bond acceptors (Lipinski definition) is 1. The van der Waals surface area contributed by atoms with E-state index in [9.17, 15) is 9.18 Å². The molecule has 1 rings (SSSR count). The third-order valence-electron chi connectivity index (χ3n) is 2.92. The predicted molar refractivity (Wildman–Crippen MR) is 72.6 cm³/mol. The second-order valence-electron chi connectivity index (χ2n) is 5.25. The van der Waals surface area contributed by atoms with E-state index in [2.05, 4.69) is 5.32 Å². The van der Waals surface area contributed by atoms with E-state index in [1.807, 2.05) is 13.8 Å². The van der Waals surface area contributed by atoms with Crippen molar-refractivity contribution in [3.8, 4) is 0 Å². The number of carbonyl (C=O) groups is 1. The number of aryl methyl sites for hydroxylation is 1. The highest BCUT2D eigenvalue weighted by Gasteiger charge is 2.18. The molecule has 1 amide bonds. The second-order valence-corrected chi connectivity index (χ2v) is 5.63. The van der Waals surface area contributed by atoms with Gasteiger partial charge in [0.1, 0.15) is 5.82 Å². The van der Waals surface area contributed by atoms with E-state index >= 15 is 0 Å². The molecule has 1 N–H and O–H groups in total. The highest BCUT2D eigenvalue weighted by Crippen LogP contribution is 2.19. The first-order chi connectivity index (χ1) is 8.35. The third kappa shape index (κ3) is 4.30. The van der Waals surface area contributed by atoms with Crippen LogP contribution in [-0.2, 0) is 0 Å². The Hall–Kier alpha value is -1.09. The molecule has 0 aliphatic carbocycles. The van der Waals surface area contributed by atoms with Gasteiger partial charge in [0.15, 0.2) is 0 Å². The van der Waals surface area contributed by atoms with Gasteiger partial charge in [-0.3, -0.25) is 4.79 Å². The van der Waals surface area contributed by atoms with Gasteiger partial charge < -0.3 is 5.32 Å². The molecule has 4 heteroatoms. The number of alkyl halides is 1. The molecule has 0 heterocycles. The molecule has 100 valence electrons. The van der Waals surface area contributed by atoms with Crippen LogP contribution in [0.3, 0.4) is 0 Å². The van der Waals surface area contributed by atoms with Crippen LogP contribution in [0.4, 0.5) is 4.39 Å². The summed E-state index contributed by atoms with van der Waals surface area (Å²) in [7, 11) is 0. The van der Waals surface area contributed by atoms with E-state index < -0.39 is 0 Å². The molecule has 18 heavy (non-hydrogen) atoms. The van der Waals surface area contributed by atoms with Crippen LogP contribution in [0.2, 0.25) is 0 Å². The molecule has 0 fully saturated rings. The molecule has 0 aliphatic heterocycles. The summed E-state index contributed by atoms with van der Waals surface area (Å²) in [4.78, 5) is 11.9. The maximum absolute atomic E-state index is 13.1. The monoisotopic (exact) mass is 271 g/mol. The Morgan fingerprint density at radius 1 is 1.44 bits per heavy atom. The number of nitrogens with one attached hydrogen (secondary N) is 1. The molecule has 0 atom stereocenters. The van der Waals surface area contributed by atoms with Crippen molar-refractivity contribution in [2.45, 2.75) is 27.2 Å². The Kier molecular flexibility index (Phi) is 5.15. The average Bonchev–Trinajstić information content (AvgIpc) is 2.30. The number of halogens is 2. The smallest absolute Gasteiger partial charge is 0.251 e. The standard InChI is InChI=1S/C14H19ClFNO/c1-10-8-11(4-5-12(10)16)13(18)17-9-14(2,3)6-7-15/h4-5,8H,6-7,9H2,1-3H3,(H,17,18). The summed E-state index contributed by atoms with van der Waals surface area (Å²) in [5, 5.41) is 2.85. The molecule has 1 aromatic carbocycles. The zero-order chi connectivity index (χ0) is 13.8. The van der Waals surface area contributed by atoms with Gasteiger partial charge in [-0.2, -0.15) is 0 Å². The summed E-state index contributed by atoms with van der Waals surface area (Å²) >= 11 is 5.70. The molecule has 0 aromatic heterocycles. The zero-order valence-electron chi connectivity index (χ0n) is 11.0. The maximum Gasteiger partial charge on any atom is 0.251 e. The highest BCUT2D eigenvalue weighted by molar-refractivity contribution is 6.17. The second kappa shape index (κ2) is 6.19. The first kappa shape index (κ1) is 15.0. The van der Waals surface area contributed by atoms with Crippen LogP contribution < -0.4 is 5.32 Å². The molecular weight excluding hydrogens is 253 g/mol. The molecular formula is C14H19ClFNO. The van der Waals surface area contributed by atoms with E-state index in [0.29, 0.717) is 23.6 Å². The molecule has 1 aromatic rings. The Morgan fingerprint density at radius 2 is 2.11 bits per heavy atom. The minimum absolute atomic E-state index is 0.0352. The van der Waals surface area contributed by atoms with Crippen LogP contribution in [0, 0.1) is 18.2 Å². The van der Waals surface area contributed by atoms with Crippen molar-refractivity contribution in [3.05, 3.63) is 35.1 Å². The predicted octanol–water partition coefficient (Wildman–Crippen LogP) is 3.52. The normalized spacial score (nSPS) is 11.4. The van der Waals surface area contributed by atoms with Crippen molar-refractivity contribution in [3.63, 3.8) is 0 Å². The summed E-state index contributed by atoms with van der Waals surface area (Å²) in [6, 6.07) is 4.36. The van der Waals surface area contributed by atoms with E-state index in [4.69, 9.17) is 11.6 Å². The van der Waals surface area contributed by atoms with Gasteiger partial charge in [0.25, 0.3) is 5.91 Å². The van der Waals surface area contributed by atoms with E-state index in [0.717, 1.165) is 6.42 Å². The van der Waals surface area contributed by atoms with Crippen molar-refractivity contribution < 1.29 is 9.18 Å². The summed E-state index contributed by atoms with van der Waals surface area (Å²) in [6.45, 7) is 6.29. The molecule has 0 spiro atoms. The Morgan fingerprint density at radius 3 is 2.67 bits per heavy atom. The number of rotatable bonds is 5. The minimum Gasteiger partial charge on any atom is -0.352 e. The van der Waals surface area contributed by atoms with Crippen LogP contribution in [0.15, 0.2) is 18.2 Å². The number of carbonyl (C=O) groups excluding carboxylic acids is 1. The number of amides is 1. The number of hydrogen-bond donors (Lipinski definition) is 1. The Bertz CT molecular complexity index is 432. The molecule has 0 bridgehead atoms. The fourth-order valence-electron chi connectivity index (χ4n) is 1.55. The van der Waals surface area contributed by atoms with E-state index in [1.165, 1.54) is 12.1 Å². The van der Waals surface area contributed by atoms with Crippen LogP contribution in [0.25, 0.3) is 0 Å². The lowest BCUT2D eigenvalue weighted by Crippen LogP contribution is -2.34. The van der Waals surface area contributed by atoms with Crippen LogP contribution in [-0.4, -0.2) is 18.3 Å². The average molecular weight is 272 g/mol. The van der Waals surface area contributed by atoms with Gasteiger partial charge >= 0.3 is 0 Å². The molecule has 0 aliphatic rings. The van der Waals surface area contributed by atoms with Gasteiger partial charge in [-0.25, -0.2) is 4.39 Å². The first-order valence-corrected chi connectivity index (χ1v) is 6.49. The summed E-state index contributed by atoms with van der Waals surface area (Å²) in [5.41, 5.74) is 0.921. The van der Waals surface area contributed by atoms with Crippen LogP contribution in [0.5, 0.6) is 0 Å². The lowest BCUT2D eigenvalue weighted by Gasteiger charge is -2.23. The van der Waals surface area contributed by atoms with Gasteiger partial charge in [-0.1, -0.05) is 13.8 Å².